The molecule has 2 heterocycles. The van der Waals surface area contributed by atoms with Crippen molar-refractivity contribution in [1.29, 1.82) is 0 Å². The Labute approximate surface area is 247 Å². The lowest BCUT2D eigenvalue weighted by atomic mass is 10.1. The van der Waals surface area contributed by atoms with Crippen molar-refractivity contribution in [2.45, 2.75) is 76.4 Å². The van der Waals surface area contributed by atoms with Gasteiger partial charge < -0.3 is 14.8 Å². The summed E-state index contributed by atoms with van der Waals surface area (Å²) in [6.45, 7) is 7.51. The predicted octanol–water partition coefficient (Wildman–Crippen LogP) is 4.47. The number of hydrogen-bond acceptors (Lipinski definition) is 7. The average molecular weight is 623 g/mol. The summed E-state index contributed by atoms with van der Waals surface area (Å²) in [5.41, 5.74) is -0.792. The maximum atomic E-state index is 13.8. The highest BCUT2D eigenvalue weighted by atomic mass is 32.2. The van der Waals surface area contributed by atoms with Crippen LogP contribution in [0.2, 0.25) is 0 Å². The minimum absolute atomic E-state index is 0.0280. The molecule has 1 aliphatic rings. The van der Waals surface area contributed by atoms with Crippen molar-refractivity contribution in [2.24, 2.45) is 0 Å². The summed E-state index contributed by atoms with van der Waals surface area (Å²) in [7, 11) is -4.56. The van der Waals surface area contributed by atoms with Gasteiger partial charge in [0.1, 0.15) is 17.5 Å². The minimum atomic E-state index is -4.76. The van der Waals surface area contributed by atoms with Gasteiger partial charge in [0.05, 0.1) is 47.8 Å². The molecule has 1 aliphatic heterocycles. The van der Waals surface area contributed by atoms with Crippen molar-refractivity contribution >= 4 is 27.6 Å². The van der Waals surface area contributed by atoms with Gasteiger partial charge in [-0.15, -0.1) is 0 Å². The Hall–Kier alpha value is -4.07. The standard InChI is InChI=1S/C29H33F3N4O6S/c1-5-35-12-11-21(34-35)17-33-26(37)16-22-18-36(43(39,40)23-8-6-7-20(15-23)29(30,31)32)24-13-19(9-10-25(24)41-22)14-27(38)42-28(2,3)4/h6-13,15,22H,5,14,16-18H2,1-4H3,(H,33,37)/t22-/m0/s1. The van der Waals surface area contributed by atoms with E-state index < -0.39 is 50.2 Å². The van der Waals surface area contributed by atoms with Gasteiger partial charge in [0.15, 0.2) is 0 Å². The van der Waals surface area contributed by atoms with Crippen molar-refractivity contribution in [1.82, 2.24) is 15.1 Å². The first-order chi connectivity index (χ1) is 20.0. The van der Waals surface area contributed by atoms with Crippen molar-refractivity contribution in [3.05, 3.63) is 71.5 Å². The van der Waals surface area contributed by atoms with E-state index in [4.69, 9.17) is 9.47 Å². The van der Waals surface area contributed by atoms with Crippen molar-refractivity contribution in [3.8, 4) is 5.75 Å². The maximum Gasteiger partial charge on any atom is 0.416 e. The second-order valence-electron chi connectivity index (χ2n) is 11.0. The van der Waals surface area contributed by atoms with E-state index >= 15 is 0 Å². The zero-order valence-electron chi connectivity index (χ0n) is 24.1. The third kappa shape index (κ3) is 8.06. The van der Waals surface area contributed by atoms with Gasteiger partial charge in [-0.05, 0) is 69.7 Å². The molecule has 0 bridgehead atoms. The lowest BCUT2D eigenvalue weighted by Crippen LogP contribution is -2.45. The molecule has 0 aliphatic carbocycles. The number of ether oxygens (including phenoxy) is 2. The number of anilines is 1. The number of carbonyl (C=O) groups excluding carboxylic acids is 2. The first kappa shape index (κ1) is 31.9. The van der Waals surface area contributed by atoms with Crippen LogP contribution in [0.15, 0.2) is 59.6 Å². The Kier molecular flexibility index (Phi) is 9.09. The van der Waals surface area contributed by atoms with Crippen molar-refractivity contribution in [2.75, 3.05) is 10.8 Å². The van der Waals surface area contributed by atoms with E-state index in [1.54, 1.807) is 43.8 Å². The number of carbonyl (C=O) groups is 2. The monoisotopic (exact) mass is 622 g/mol. The smallest absolute Gasteiger partial charge is 0.416 e. The van der Waals surface area contributed by atoms with Crippen LogP contribution in [-0.4, -0.2) is 48.3 Å². The molecule has 1 aromatic heterocycles. The molecule has 1 amide bonds. The number of aromatic nitrogens is 2. The van der Waals surface area contributed by atoms with E-state index in [9.17, 15) is 31.2 Å². The first-order valence-electron chi connectivity index (χ1n) is 13.6. The van der Waals surface area contributed by atoms with Crippen molar-refractivity contribution < 1.29 is 40.7 Å². The SMILES string of the molecule is CCn1ccc(CNC(=O)C[C@H]2CN(S(=O)(=O)c3cccc(C(F)(F)F)c3)c3cc(CC(=O)OC(C)(C)C)ccc3O2)n1. The van der Waals surface area contributed by atoms with Gasteiger partial charge in [0.2, 0.25) is 5.91 Å². The Morgan fingerprint density at radius 1 is 1.12 bits per heavy atom. The molecule has 0 saturated carbocycles. The number of esters is 1. The molecule has 10 nitrogen and oxygen atoms in total. The molecule has 0 saturated heterocycles. The summed E-state index contributed by atoms with van der Waals surface area (Å²) in [5, 5.41) is 7.02. The quantitative estimate of drug-likeness (QED) is 0.350. The first-order valence-corrected chi connectivity index (χ1v) is 15.0. The van der Waals surface area contributed by atoms with Gasteiger partial charge in [-0.25, -0.2) is 8.42 Å². The number of amides is 1. The summed E-state index contributed by atoms with van der Waals surface area (Å²) in [6.07, 6.45) is -4.36. The fourth-order valence-corrected chi connectivity index (χ4v) is 5.99. The molecule has 0 spiro atoms. The highest BCUT2D eigenvalue weighted by Gasteiger charge is 2.38. The number of benzene rings is 2. The van der Waals surface area contributed by atoms with Crippen LogP contribution in [0.5, 0.6) is 5.75 Å². The predicted molar refractivity (Wildman–Crippen MR) is 151 cm³/mol. The van der Waals surface area contributed by atoms with Gasteiger partial charge in [0.25, 0.3) is 10.0 Å². The number of alkyl halides is 3. The van der Waals surface area contributed by atoms with Crippen LogP contribution < -0.4 is 14.4 Å². The highest BCUT2D eigenvalue weighted by molar-refractivity contribution is 7.92. The van der Waals surface area contributed by atoms with Crippen molar-refractivity contribution in [3.63, 3.8) is 0 Å². The van der Waals surface area contributed by atoms with Gasteiger partial charge in [-0.1, -0.05) is 12.1 Å². The normalized spacial score (nSPS) is 15.4. The number of nitrogens with one attached hydrogen (secondary N) is 1. The summed E-state index contributed by atoms with van der Waals surface area (Å²) in [6, 6.07) is 9.63. The molecule has 2 aromatic carbocycles. The van der Waals surface area contributed by atoms with Crippen LogP contribution in [0.4, 0.5) is 18.9 Å². The Bertz CT molecular complexity index is 1600. The summed E-state index contributed by atoms with van der Waals surface area (Å²) >= 11 is 0. The molecule has 0 unspecified atom stereocenters. The van der Waals surface area contributed by atoms with E-state index in [0.717, 1.165) is 22.5 Å². The molecule has 4 rings (SSSR count). The molecule has 0 fully saturated rings. The number of sulfonamides is 1. The second-order valence-corrected chi connectivity index (χ2v) is 12.9. The zero-order chi connectivity index (χ0) is 31.6. The van der Waals surface area contributed by atoms with Crippen LogP contribution >= 0.6 is 0 Å². The summed E-state index contributed by atoms with van der Waals surface area (Å²) in [4.78, 5) is 24.6. The lowest BCUT2D eigenvalue weighted by molar-refractivity contribution is -0.154. The van der Waals surface area contributed by atoms with Crippen LogP contribution in [0.3, 0.4) is 0 Å². The average Bonchev–Trinajstić information content (AvgIpc) is 3.38. The Balaban J connectivity index is 1.62. The molecule has 3 aromatic rings. The fourth-order valence-electron chi connectivity index (χ4n) is 4.45. The van der Waals surface area contributed by atoms with E-state index in [1.807, 2.05) is 6.92 Å². The second kappa shape index (κ2) is 12.3. The number of hydrogen-bond donors (Lipinski definition) is 1. The van der Waals surface area contributed by atoms with E-state index in [-0.39, 0.29) is 37.4 Å². The topological polar surface area (TPSA) is 120 Å². The van der Waals surface area contributed by atoms with Gasteiger partial charge in [0, 0.05) is 12.7 Å². The molecule has 43 heavy (non-hydrogen) atoms. The molecule has 232 valence electrons. The summed E-state index contributed by atoms with van der Waals surface area (Å²) < 4.78 is 81.9. The minimum Gasteiger partial charge on any atom is -0.486 e. The van der Waals surface area contributed by atoms with E-state index in [2.05, 4.69) is 10.4 Å². The van der Waals surface area contributed by atoms with Crippen LogP contribution in [-0.2, 0) is 50.0 Å². The third-order valence-corrected chi connectivity index (χ3v) is 8.15. The largest absolute Gasteiger partial charge is 0.486 e. The van der Waals surface area contributed by atoms with E-state index in [0.29, 0.717) is 23.9 Å². The van der Waals surface area contributed by atoms with Crippen LogP contribution in [0, 0.1) is 0 Å². The number of fused-ring (bicyclic) bond motifs is 1. The Morgan fingerprint density at radius 2 is 1.86 bits per heavy atom. The van der Waals surface area contributed by atoms with Gasteiger partial charge in [-0.3, -0.25) is 18.6 Å². The molecule has 1 atom stereocenters. The van der Waals surface area contributed by atoms with Crippen LogP contribution in [0.25, 0.3) is 0 Å². The number of halogens is 3. The number of nitrogens with zero attached hydrogens (tertiary/aromatic N) is 3. The molecular weight excluding hydrogens is 589 g/mol. The summed E-state index contributed by atoms with van der Waals surface area (Å²) in [5.74, 6) is -0.888. The molecule has 0 radical (unpaired) electrons. The molecular formula is C29H33F3N4O6S. The number of aryl methyl sites for hydroxylation is 1. The van der Waals surface area contributed by atoms with Crippen LogP contribution in [0.1, 0.15) is 50.9 Å². The lowest BCUT2D eigenvalue weighted by Gasteiger charge is -2.35. The third-order valence-electron chi connectivity index (χ3n) is 6.37. The highest BCUT2D eigenvalue weighted by Crippen LogP contribution is 2.39. The Morgan fingerprint density at radius 3 is 2.51 bits per heavy atom. The zero-order valence-corrected chi connectivity index (χ0v) is 25.0. The molecule has 1 N–H and O–H groups in total. The van der Waals surface area contributed by atoms with Gasteiger partial charge >= 0.3 is 12.1 Å². The van der Waals surface area contributed by atoms with E-state index in [1.165, 1.54) is 12.1 Å². The fraction of sp³-hybridized carbons (Fsp3) is 0.414. The molecule has 14 heteroatoms. The van der Waals surface area contributed by atoms with Gasteiger partial charge in [-0.2, -0.15) is 18.3 Å². The number of rotatable bonds is 9. The maximum absolute atomic E-state index is 13.8.